The highest BCUT2D eigenvalue weighted by atomic mass is 35.5. The quantitative estimate of drug-likeness (QED) is 0.884. The lowest BCUT2D eigenvalue weighted by Gasteiger charge is -2.14. The molecule has 1 unspecified atom stereocenters. The van der Waals surface area contributed by atoms with Crippen LogP contribution in [-0.4, -0.2) is 11.1 Å². The third-order valence-electron chi connectivity index (χ3n) is 2.76. The van der Waals surface area contributed by atoms with Gasteiger partial charge in [-0.05, 0) is 43.7 Å². The van der Waals surface area contributed by atoms with Crippen LogP contribution in [0.15, 0.2) is 34.7 Å². The van der Waals surface area contributed by atoms with Crippen LogP contribution in [0.5, 0.6) is 0 Å². The largest absolute Gasteiger partial charge is 0.475 e. The van der Waals surface area contributed by atoms with Gasteiger partial charge >= 0.3 is 5.97 Å². The molecule has 1 aromatic carbocycles. The van der Waals surface area contributed by atoms with Crippen molar-refractivity contribution in [2.45, 2.75) is 19.9 Å². The first-order valence-electron chi connectivity index (χ1n) is 5.83. The van der Waals surface area contributed by atoms with E-state index in [2.05, 4.69) is 5.32 Å². The predicted molar refractivity (Wildman–Crippen MR) is 73.9 cm³/mol. The van der Waals surface area contributed by atoms with Gasteiger partial charge in [0, 0.05) is 0 Å². The molecule has 0 spiro atoms. The average molecular weight is 280 g/mol. The summed E-state index contributed by atoms with van der Waals surface area (Å²) in [6.45, 7) is 3.85. The second kappa shape index (κ2) is 5.36. The SMILES string of the molecule is Cc1ccc(Cl)c(NC(C)c2ccc(C(=O)O)o2)c1. The number of halogens is 1. The Hall–Kier alpha value is -1.94. The summed E-state index contributed by atoms with van der Waals surface area (Å²) in [7, 11) is 0. The van der Waals surface area contributed by atoms with Gasteiger partial charge in [0.15, 0.2) is 0 Å². The molecule has 0 saturated carbocycles. The van der Waals surface area contributed by atoms with E-state index in [-0.39, 0.29) is 11.8 Å². The zero-order valence-electron chi connectivity index (χ0n) is 10.6. The minimum Gasteiger partial charge on any atom is -0.475 e. The zero-order chi connectivity index (χ0) is 14.0. The summed E-state index contributed by atoms with van der Waals surface area (Å²) in [6.07, 6.45) is 0. The van der Waals surface area contributed by atoms with E-state index in [9.17, 15) is 4.79 Å². The van der Waals surface area contributed by atoms with Gasteiger partial charge in [-0.15, -0.1) is 0 Å². The van der Waals surface area contributed by atoms with Gasteiger partial charge in [-0.1, -0.05) is 17.7 Å². The first-order valence-corrected chi connectivity index (χ1v) is 6.21. The van der Waals surface area contributed by atoms with E-state index < -0.39 is 5.97 Å². The Morgan fingerprint density at radius 1 is 1.37 bits per heavy atom. The summed E-state index contributed by atoms with van der Waals surface area (Å²) < 4.78 is 5.24. The summed E-state index contributed by atoms with van der Waals surface area (Å²) in [5.41, 5.74) is 1.88. The highest BCUT2D eigenvalue weighted by Crippen LogP contribution is 2.27. The van der Waals surface area contributed by atoms with E-state index in [0.29, 0.717) is 10.8 Å². The fourth-order valence-corrected chi connectivity index (χ4v) is 1.93. The monoisotopic (exact) mass is 279 g/mol. The number of nitrogens with one attached hydrogen (secondary N) is 1. The molecule has 19 heavy (non-hydrogen) atoms. The van der Waals surface area contributed by atoms with Crippen LogP contribution in [-0.2, 0) is 0 Å². The lowest BCUT2D eigenvalue weighted by molar-refractivity contribution is 0.0660. The number of carboxylic acid groups (broad SMARTS) is 1. The van der Waals surface area contributed by atoms with Crippen molar-refractivity contribution < 1.29 is 14.3 Å². The number of aryl methyl sites for hydroxylation is 1. The van der Waals surface area contributed by atoms with E-state index in [0.717, 1.165) is 11.3 Å². The Labute approximate surface area is 116 Å². The Morgan fingerprint density at radius 3 is 2.74 bits per heavy atom. The van der Waals surface area contributed by atoms with Crippen LogP contribution in [0, 0.1) is 6.92 Å². The molecule has 0 bridgehead atoms. The number of hydrogen-bond donors (Lipinski definition) is 2. The fourth-order valence-electron chi connectivity index (χ4n) is 1.75. The van der Waals surface area contributed by atoms with Gasteiger partial charge < -0.3 is 14.8 Å². The molecule has 2 aromatic rings. The van der Waals surface area contributed by atoms with E-state index in [4.69, 9.17) is 21.1 Å². The number of furan rings is 1. The Kier molecular flexibility index (Phi) is 3.81. The molecule has 0 aliphatic rings. The molecule has 0 aliphatic heterocycles. The maximum atomic E-state index is 10.8. The summed E-state index contributed by atoms with van der Waals surface area (Å²) >= 11 is 6.10. The summed E-state index contributed by atoms with van der Waals surface area (Å²) in [6, 6.07) is 8.58. The van der Waals surface area contributed by atoms with E-state index in [1.807, 2.05) is 32.0 Å². The molecule has 1 atom stereocenters. The van der Waals surface area contributed by atoms with Crippen molar-refractivity contribution in [3.63, 3.8) is 0 Å². The second-order valence-electron chi connectivity index (χ2n) is 4.36. The highest BCUT2D eigenvalue weighted by molar-refractivity contribution is 6.33. The highest BCUT2D eigenvalue weighted by Gasteiger charge is 2.15. The van der Waals surface area contributed by atoms with Gasteiger partial charge in [-0.3, -0.25) is 0 Å². The van der Waals surface area contributed by atoms with Crippen LogP contribution in [0.4, 0.5) is 5.69 Å². The topological polar surface area (TPSA) is 62.5 Å². The normalized spacial score (nSPS) is 12.2. The third kappa shape index (κ3) is 3.09. The van der Waals surface area contributed by atoms with Crippen molar-refractivity contribution in [2.75, 3.05) is 5.32 Å². The summed E-state index contributed by atoms with van der Waals surface area (Å²) in [5.74, 6) is -0.596. The standard InChI is InChI=1S/C14H14ClNO3/c1-8-3-4-10(15)11(7-8)16-9(2)12-5-6-13(19-12)14(17)18/h3-7,9,16H,1-2H3,(H,17,18). The van der Waals surface area contributed by atoms with E-state index >= 15 is 0 Å². The van der Waals surface area contributed by atoms with Crippen LogP contribution in [0.1, 0.15) is 34.8 Å². The van der Waals surface area contributed by atoms with E-state index in [1.54, 1.807) is 6.07 Å². The average Bonchev–Trinajstić information content (AvgIpc) is 2.83. The number of hydrogen-bond acceptors (Lipinski definition) is 3. The molecule has 1 aromatic heterocycles. The molecule has 5 heteroatoms. The Bertz CT molecular complexity index is 606. The van der Waals surface area contributed by atoms with Gasteiger partial charge in [0.1, 0.15) is 5.76 Å². The van der Waals surface area contributed by atoms with Gasteiger partial charge in [-0.2, -0.15) is 0 Å². The molecule has 0 amide bonds. The van der Waals surface area contributed by atoms with Crippen LogP contribution >= 0.6 is 11.6 Å². The molecule has 2 rings (SSSR count). The van der Waals surface area contributed by atoms with Crippen LogP contribution in [0.3, 0.4) is 0 Å². The maximum Gasteiger partial charge on any atom is 0.371 e. The summed E-state index contributed by atoms with van der Waals surface area (Å²) in [4.78, 5) is 10.8. The molecule has 0 fully saturated rings. The van der Waals surface area contributed by atoms with Gasteiger partial charge in [-0.25, -0.2) is 4.79 Å². The molecule has 0 saturated heterocycles. The first kappa shape index (κ1) is 13.5. The van der Waals surface area contributed by atoms with Gasteiger partial charge in [0.25, 0.3) is 0 Å². The van der Waals surface area contributed by atoms with Crippen molar-refractivity contribution in [1.82, 2.24) is 0 Å². The minimum absolute atomic E-state index is 0.0704. The lowest BCUT2D eigenvalue weighted by atomic mass is 10.2. The third-order valence-corrected chi connectivity index (χ3v) is 3.09. The van der Waals surface area contributed by atoms with E-state index in [1.165, 1.54) is 6.07 Å². The van der Waals surface area contributed by atoms with Crippen LogP contribution < -0.4 is 5.32 Å². The second-order valence-corrected chi connectivity index (χ2v) is 4.76. The Balaban J connectivity index is 2.17. The van der Waals surface area contributed by atoms with Gasteiger partial charge in [0.2, 0.25) is 5.76 Å². The fraction of sp³-hybridized carbons (Fsp3) is 0.214. The molecular weight excluding hydrogens is 266 g/mol. The number of benzene rings is 1. The number of anilines is 1. The van der Waals surface area contributed by atoms with Crippen molar-refractivity contribution in [3.05, 3.63) is 52.4 Å². The Morgan fingerprint density at radius 2 is 2.11 bits per heavy atom. The smallest absolute Gasteiger partial charge is 0.371 e. The van der Waals surface area contributed by atoms with Gasteiger partial charge in [0.05, 0.1) is 16.8 Å². The van der Waals surface area contributed by atoms with Crippen LogP contribution in [0.2, 0.25) is 5.02 Å². The number of carbonyl (C=O) groups is 1. The van der Waals surface area contributed by atoms with Crippen LogP contribution in [0.25, 0.3) is 0 Å². The molecule has 2 N–H and O–H groups in total. The summed E-state index contributed by atoms with van der Waals surface area (Å²) in [5, 5.41) is 12.6. The first-order chi connectivity index (χ1) is 8.97. The number of rotatable bonds is 4. The number of aromatic carboxylic acids is 1. The lowest BCUT2D eigenvalue weighted by Crippen LogP contribution is -2.06. The van der Waals surface area contributed by atoms with Crippen molar-refractivity contribution >= 4 is 23.3 Å². The molecule has 4 nitrogen and oxygen atoms in total. The molecular formula is C14H14ClNO3. The molecule has 0 aliphatic carbocycles. The molecule has 100 valence electrons. The molecule has 0 radical (unpaired) electrons. The maximum absolute atomic E-state index is 10.8. The number of carboxylic acids is 1. The van der Waals surface area contributed by atoms with Crippen molar-refractivity contribution in [1.29, 1.82) is 0 Å². The minimum atomic E-state index is -1.08. The van der Waals surface area contributed by atoms with Crippen molar-refractivity contribution in [2.24, 2.45) is 0 Å². The molecule has 1 heterocycles. The predicted octanol–water partition coefficient (Wildman–Crippen LogP) is 4.11. The zero-order valence-corrected chi connectivity index (χ0v) is 11.4. The van der Waals surface area contributed by atoms with Crippen molar-refractivity contribution in [3.8, 4) is 0 Å².